The molecule has 8 nitrogen and oxygen atoms in total. The van der Waals surface area contributed by atoms with Crippen molar-refractivity contribution in [1.82, 2.24) is 9.88 Å². The maximum Gasteiger partial charge on any atom is 0.416 e. The van der Waals surface area contributed by atoms with Crippen LogP contribution in [-0.2, 0) is 22.3 Å². The van der Waals surface area contributed by atoms with Crippen molar-refractivity contribution in [3.8, 4) is 11.1 Å². The summed E-state index contributed by atoms with van der Waals surface area (Å²) in [5.41, 5.74) is 1.65. The van der Waals surface area contributed by atoms with Crippen molar-refractivity contribution >= 4 is 23.4 Å². The van der Waals surface area contributed by atoms with Gasteiger partial charge < -0.3 is 20.1 Å². The van der Waals surface area contributed by atoms with Crippen LogP contribution in [0, 0.1) is 0 Å². The lowest BCUT2D eigenvalue weighted by molar-refractivity contribution is -0.164. The number of aliphatic carboxylic acids is 1. The molecule has 228 valence electrons. The molecule has 2 aliphatic rings. The first-order chi connectivity index (χ1) is 20.5. The van der Waals surface area contributed by atoms with Gasteiger partial charge >= 0.3 is 12.1 Å². The number of piperidine rings is 1. The van der Waals surface area contributed by atoms with Crippen LogP contribution in [0.15, 0.2) is 60.8 Å². The van der Waals surface area contributed by atoms with Gasteiger partial charge in [-0.25, -0.2) is 9.78 Å². The molecule has 2 aromatic carbocycles. The molecule has 1 amide bonds. The lowest BCUT2D eigenvalue weighted by atomic mass is 9.91. The number of hydrogen-bond acceptors (Lipinski definition) is 6. The second kappa shape index (κ2) is 12.3. The molecule has 0 spiro atoms. The van der Waals surface area contributed by atoms with Crippen molar-refractivity contribution in [1.29, 1.82) is 0 Å². The zero-order valence-electron chi connectivity index (χ0n) is 24.2. The van der Waals surface area contributed by atoms with Crippen molar-refractivity contribution < 1.29 is 32.6 Å². The minimum absolute atomic E-state index is 0.343. The molecule has 1 unspecified atom stereocenters. The van der Waals surface area contributed by atoms with E-state index in [-0.39, 0.29) is 5.91 Å². The lowest BCUT2D eigenvalue weighted by Crippen LogP contribution is -2.50. The van der Waals surface area contributed by atoms with E-state index < -0.39 is 23.3 Å². The molecule has 43 heavy (non-hydrogen) atoms. The number of benzene rings is 2. The highest BCUT2D eigenvalue weighted by atomic mass is 19.4. The Morgan fingerprint density at radius 1 is 1.07 bits per heavy atom. The Labute approximate surface area is 248 Å². The third-order valence-corrected chi connectivity index (χ3v) is 8.66. The molecular formula is C32H35F3N4O4. The minimum Gasteiger partial charge on any atom is -0.479 e. The first kappa shape index (κ1) is 30.5. The highest BCUT2D eigenvalue weighted by Crippen LogP contribution is 2.34. The highest BCUT2D eigenvalue weighted by Gasteiger charge is 2.41. The zero-order valence-corrected chi connectivity index (χ0v) is 24.2. The van der Waals surface area contributed by atoms with Gasteiger partial charge in [0.05, 0.1) is 5.56 Å². The molecule has 0 bridgehead atoms. The van der Waals surface area contributed by atoms with E-state index in [0.29, 0.717) is 55.5 Å². The fraction of sp³-hybridized carbons (Fsp3) is 0.406. The van der Waals surface area contributed by atoms with Crippen LogP contribution in [0.1, 0.15) is 54.1 Å². The van der Waals surface area contributed by atoms with Crippen molar-refractivity contribution in [2.24, 2.45) is 0 Å². The molecule has 2 N–H and O–H groups in total. The topological polar surface area (TPSA) is 95.0 Å². The van der Waals surface area contributed by atoms with Crippen LogP contribution in [0.25, 0.3) is 11.1 Å². The number of amides is 1. The van der Waals surface area contributed by atoms with Gasteiger partial charge in [0.2, 0.25) is 0 Å². The number of likely N-dealkylation sites (tertiary alicyclic amines) is 1. The summed E-state index contributed by atoms with van der Waals surface area (Å²) in [5, 5.41) is 12.4. The molecule has 11 heteroatoms. The van der Waals surface area contributed by atoms with E-state index in [4.69, 9.17) is 4.74 Å². The Morgan fingerprint density at radius 2 is 1.74 bits per heavy atom. The van der Waals surface area contributed by atoms with Gasteiger partial charge in [-0.05, 0) is 79.9 Å². The first-order valence-electron chi connectivity index (χ1n) is 14.3. The predicted octanol–water partition coefficient (Wildman–Crippen LogP) is 6.07. The molecular weight excluding hydrogens is 561 g/mol. The van der Waals surface area contributed by atoms with Gasteiger partial charge in [-0.3, -0.25) is 9.69 Å². The summed E-state index contributed by atoms with van der Waals surface area (Å²) >= 11 is 0. The molecule has 2 fully saturated rings. The van der Waals surface area contributed by atoms with Crippen molar-refractivity contribution in [2.75, 3.05) is 37.0 Å². The molecule has 1 atom stereocenters. The van der Waals surface area contributed by atoms with Crippen molar-refractivity contribution in [2.45, 2.75) is 57.0 Å². The maximum atomic E-state index is 13.1. The number of halogens is 3. The number of nitrogens with one attached hydrogen (secondary N) is 1. The van der Waals surface area contributed by atoms with Gasteiger partial charge in [-0.15, -0.1) is 0 Å². The van der Waals surface area contributed by atoms with Crippen molar-refractivity contribution in [3.05, 3.63) is 77.5 Å². The van der Waals surface area contributed by atoms with Gasteiger partial charge in [0.15, 0.2) is 5.60 Å². The third-order valence-electron chi connectivity index (χ3n) is 8.66. The van der Waals surface area contributed by atoms with Crippen LogP contribution in [0.4, 0.5) is 24.7 Å². The average Bonchev–Trinajstić information content (AvgIpc) is 3.40. The third kappa shape index (κ3) is 6.67. The SMILES string of the molecule is COC1(C(=O)O)CCN(c2ccc(C(=O)Nc3cc(CN4CCCC4C)c(-c4ccc(C(F)(F)F)cc4)cn3)cc2)CC1. The summed E-state index contributed by atoms with van der Waals surface area (Å²) in [5.74, 6) is -0.947. The predicted molar refractivity (Wildman–Crippen MR) is 157 cm³/mol. The Hall–Kier alpha value is -3.96. The molecule has 2 saturated heterocycles. The second-order valence-corrected chi connectivity index (χ2v) is 11.3. The van der Waals surface area contributed by atoms with E-state index >= 15 is 0 Å². The number of ether oxygens (including phenoxy) is 1. The van der Waals surface area contributed by atoms with E-state index in [1.165, 1.54) is 19.2 Å². The number of hydrogen-bond donors (Lipinski definition) is 2. The summed E-state index contributed by atoms with van der Waals surface area (Å²) in [7, 11) is 1.42. The van der Waals surface area contributed by atoms with E-state index in [1.54, 1.807) is 24.4 Å². The number of carboxylic acid groups (broad SMARTS) is 1. The summed E-state index contributed by atoms with van der Waals surface area (Å²) in [6.07, 6.45) is 0.0452. The number of carbonyl (C=O) groups is 2. The Balaban J connectivity index is 1.31. The number of methoxy groups -OCH3 is 1. The van der Waals surface area contributed by atoms with E-state index in [9.17, 15) is 27.9 Å². The van der Waals surface area contributed by atoms with Gasteiger partial charge in [-0.2, -0.15) is 13.2 Å². The van der Waals surface area contributed by atoms with E-state index in [2.05, 4.69) is 27.0 Å². The molecule has 3 aromatic rings. The van der Waals surface area contributed by atoms with Crippen LogP contribution in [0.5, 0.6) is 0 Å². The zero-order chi connectivity index (χ0) is 30.8. The quantitative estimate of drug-likeness (QED) is 0.326. The summed E-state index contributed by atoms with van der Waals surface area (Å²) < 4.78 is 44.7. The summed E-state index contributed by atoms with van der Waals surface area (Å²) in [4.78, 5) is 33.6. The first-order valence-corrected chi connectivity index (χ1v) is 14.3. The second-order valence-electron chi connectivity index (χ2n) is 11.3. The van der Waals surface area contributed by atoms with Gasteiger partial charge in [0.1, 0.15) is 5.82 Å². The van der Waals surface area contributed by atoms with E-state index in [1.807, 2.05) is 12.1 Å². The Kier molecular flexibility index (Phi) is 8.75. The van der Waals surface area contributed by atoms with Gasteiger partial charge in [-0.1, -0.05) is 12.1 Å². The normalized spacial score (nSPS) is 18.9. The van der Waals surface area contributed by atoms with Gasteiger partial charge in [0, 0.05) is 68.6 Å². The van der Waals surface area contributed by atoms with Crippen molar-refractivity contribution in [3.63, 3.8) is 0 Å². The molecule has 2 aliphatic heterocycles. The molecule has 5 rings (SSSR count). The molecule has 0 aliphatic carbocycles. The van der Waals surface area contributed by atoms with Crippen LogP contribution < -0.4 is 10.2 Å². The number of alkyl halides is 3. The largest absolute Gasteiger partial charge is 0.479 e. The Bertz CT molecular complexity index is 1450. The fourth-order valence-corrected chi connectivity index (χ4v) is 5.88. The lowest BCUT2D eigenvalue weighted by Gasteiger charge is -2.38. The maximum absolute atomic E-state index is 13.1. The number of pyridine rings is 1. The summed E-state index contributed by atoms with van der Waals surface area (Å²) in [6.45, 7) is 4.68. The molecule has 0 saturated carbocycles. The number of anilines is 2. The van der Waals surface area contributed by atoms with Gasteiger partial charge in [0.25, 0.3) is 5.91 Å². The average molecular weight is 597 g/mol. The monoisotopic (exact) mass is 596 g/mol. The number of aromatic nitrogens is 1. The van der Waals surface area contributed by atoms with Crippen LogP contribution >= 0.6 is 0 Å². The standard InChI is InChI=1S/C32H35F3N4O4/c1-21-4-3-15-39(21)20-24-18-28(36-19-27(24)22-5-9-25(10-6-22)32(33,34)35)37-29(40)23-7-11-26(12-8-23)38-16-13-31(43-2,14-17-38)30(41)42/h5-12,18-19,21H,3-4,13-17,20H2,1-2H3,(H,41,42)(H,36,37,40). The molecule has 3 heterocycles. The fourth-order valence-electron chi connectivity index (χ4n) is 5.88. The van der Waals surface area contributed by atoms with Crippen LogP contribution in [-0.4, -0.2) is 65.3 Å². The number of nitrogens with zero attached hydrogens (tertiary/aromatic N) is 3. The van der Waals surface area contributed by atoms with Crippen LogP contribution in [0.3, 0.4) is 0 Å². The van der Waals surface area contributed by atoms with Crippen LogP contribution in [0.2, 0.25) is 0 Å². The van der Waals surface area contributed by atoms with E-state index in [0.717, 1.165) is 48.3 Å². The molecule has 0 radical (unpaired) electrons. The number of carbonyl (C=O) groups excluding carboxylic acids is 1. The highest BCUT2D eigenvalue weighted by molar-refractivity contribution is 6.04. The Morgan fingerprint density at radius 3 is 2.30 bits per heavy atom. The number of rotatable bonds is 8. The minimum atomic E-state index is -4.42. The molecule has 1 aromatic heterocycles. The summed E-state index contributed by atoms with van der Waals surface area (Å²) in [6, 6.07) is 14.3. The number of carboxylic acids is 1. The smallest absolute Gasteiger partial charge is 0.416 e.